The van der Waals surface area contributed by atoms with Crippen LogP contribution in [-0.2, 0) is 12.4 Å². The lowest BCUT2D eigenvalue weighted by Gasteiger charge is -2.05. The van der Waals surface area contributed by atoms with Crippen molar-refractivity contribution in [1.82, 2.24) is 9.55 Å². The number of alkyl halides is 1. The highest BCUT2D eigenvalue weighted by molar-refractivity contribution is 6.16. The van der Waals surface area contributed by atoms with E-state index < -0.39 is 4.92 Å². The van der Waals surface area contributed by atoms with Crippen molar-refractivity contribution in [3.63, 3.8) is 0 Å². The SMILES string of the molecule is O=[N+]([O-])c1ccc(Cn2cncc2CCl)cc1. The molecule has 0 N–H and O–H groups in total. The van der Waals surface area contributed by atoms with E-state index in [2.05, 4.69) is 4.98 Å². The van der Waals surface area contributed by atoms with Gasteiger partial charge in [-0.3, -0.25) is 10.1 Å². The fourth-order valence-corrected chi connectivity index (χ4v) is 1.74. The normalized spacial score (nSPS) is 10.4. The number of rotatable bonds is 4. The third-order valence-electron chi connectivity index (χ3n) is 2.44. The Morgan fingerprint density at radius 3 is 2.65 bits per heavy atom. The molecule has 6 heteroatoms. The minimum Gasteiger partial charge on any atom is -0.329 e. The largest absolute Gasteiger partial charge is 0.329 e. The van der Waals surface area contributed by atoms with Crippen LogP contribution >= 0.6 is 11.6 Å². The average molecular weight is 252 g/mol. The number of nitro benzene ring substituents is 1. The molecule has 0 amide bonds. The van der Waals surface area contributed by atoms with Crippen LogP contribution in [0.1, 0.15) is 11.3 Å². The molecule has 1 aromatic carbocycles. The summed E-state index contributed by atoms with van der Waals surface area (Å²) in [6, 6.07) is 6.45. The number of nitrogens with zero attached hydrogens (tertiary/aromatic N) is 3. The molecule has 2 rings (SSSR count). The first-order chi connectivity index (χ1) is 8.20. The first-order valence-corrected chi connectivity index (χ1v) is 5.52. The zero-order chi connectivity index (χ0) is 12.3. The number of non-ortho nitro benzene ring substituents is 1. The Morgan fingerprint density at radius 1 is 1.35 bits per heavy atom. The quantitative estimate of drug-likeness (QED) is 0.477. The van der Waals surface area contributed by atoms with Crippen LogP contribution in [-0.4, -0.2) is 14.5 Å². The summed E-state index contributed by atoms with van der Waals surface area (Å²) in [5.74, 6) is 0.396. The molecule has 0 aliphatic heterocycles. The Labute approximate surface area is 103 Å². The molecule has 0 radical (unpaired) electrons. The molecular formula is C11H10ClN3O2. The highest BCUT2D eigenvalue weighted by Crippen LogP contribution is 2.14. The third-order valence-corrected chi connectivity index (χ3v) is 2.71. The number of halogens is 1. The summed E-state index contributed by atoms with van der Waals surface area (Å²) in [4.78, 5) is 14.1. The van der Waals surface area contributed by atoms with Gasteiger partial charge in [-0.05, 0) is 5.56 Å². The zero-order valence-electron chi connectivity index (χ0n) is 8.91. The number of benzene rings is 1. The van der Waals surface area contributed by atoms with Gasteiger partial charge in [0, 0.05) is 24.9 Å². The molecule has 0 fully saturated rings. The van der Waals surface area contributed by atoms with Crippen molar-refractivity contribution in [2.24, 2.45) is 0 Å². The Morgan fingerprint density at radius 2 is 2.06 bits per heavy atom. The molecule has 88 valence electrons. The molecule has 17 heavy (non-hydrogen) atoms. The average Bonchev–Trinajstić information content (AvgIpc) is 2.77. The molecule has 0 atom stereocenters. The Hall–Kier alpha value is -1.88. The molecule has 0 saturated carbocycles. The van der Waals surface area contributed by atoms with Crippen LogP contribution in [0.3, 0.4) is 0 Å². The summed E-state index contributed by atoms with van der Waals surface area (Å²) in [6.45, 7) is 0.611. The lowest BCUT2D eigenvalue weighted by Crippen LogP contribution is -2.01. The van der Waals surface area contributed by atoms with Crippen molar-refractivity contribution in [2.75, 3.05) is 0 Å². The maximum Gasteiger partial charge on any atom is 0.269 e. The van der Waals surface area contributed by atoms with Crippen molar-refractivity contribution in [1.29, 1.82) is 0 Å². The van der Waals surface area contributed by atoms with E-state index in [0.717, 1.165) is 11.3 Å². The van der Waals surface area contributed by atoms with Gasteiger partial charge < -0.3 is 4.57 Å². The van der Waals surface area contributed by atoms with Gasteiger partial charge in [0.1, 0.15) is 0 Å². The first kappa shape index (κ1) is 11.6. The maximum absolute atomic E-state index is 10.5. The fraction of sp³-hybridized carbons (Fsp3) is 0.182. The van der Waals surface area contributed by atoms with Gasteiger partial charge in [-0.1, -0.05) is 12.1 Å². The topological polar surface area (TPSA) is 61.0 Å². The van der Waals surface area contributed by atoms with Crippen LogP contribution < -0.4 is 0 Å². The van der Waals surface area contributed by atoms with Crippen LogP contribution in [0.5, 0.6) is 0 Å². The van der Waals surface area contributed by atoms with Gasteiger partial charge in [-0.15, -0.1) is 11.6 Å². The predicted molar refractivity (Wildman–Crippen MR) is 64.0 cm³/mol. The lowest BCUT2D eigenvalue weighted by molar-refractivity contribution is -0.384. The summed E-state index contributed by atoms with van der Waals surface area (Å²) in [6.07, 6.45) is 3.40. The van der Waals surface area contributed by atoms with E-state index >= 15 is 0 Å². The fourth-order valence-electron chi connectivity index (χ4n) is 1.52. The minimum atomic E-state index is -0.412. The number of nitro groups is 1. The van der Waals surface area contributed by atoms with Gasteiger partial charge >= 0.3 is 0 Å². The molecule has 0 bridgehead atoms. The minimum absolute atomic E-state index is 0.0944. The van der Waals surface area contributed by atoms with Gasteiger partial charge in [-0.2, -0.15) is 0 Å². The molecule has 0 aliphatic rings. The van der Waals surface area contributed by atoms with Crippen molar-refractivity contribution in [3.8, 4) is 0 Å². The second-order valence-corrected chi connectivity index (χ2v) is 3.84. The molecule has 2 aromatic rings. The van der Waals surface area contributed by atoms with E-state index in [1.807, 2.05) is 4.57 Å². The highest BCUT2D eigenvalue weighted by atomic mass is 35.5. The number of hydrogen-bond acceptors (Lipinski definition) is 3. The summed E-state index contributed by atoms with van der Waals surface area (Å²) >= 11 is 5.76. The third kappa shape index (κ3) is 2.62. The second kappa shape index (κ2) is 4.97. The number of aromatic nitrogens is 2. The summed E-state index contributed by atoms with van der Waals surface area (Å²) in [7, 11) is 0. The van der Waals surface area contributed by atoms with Crippen LogP contribution in [0.4, 0.5) is 5.69 Å². The Bertz CT molecular complexity index is 522. The molecule has 1 heterocycles. The smallest absolute Gasteiger partial charge is 0.269 e. The molecule has 0 spiro atoms. The lowest BCUT2D eigenvalue weighted by atomic mass is 10.2. The van der Waals surface area contributed by atoms with E-state index in [-0.39, 0.29) is 5.69 Å². The van der Waals surface area contributed by atoms with Crippen molar-refractivity contribution >= 4 is 17.3 Å². The van der Waals surface area contributed by atoms with Gasteiger partial charge in [0.05, 0.1) is 22.8 Å². The molecule has 1 aromatic heterocycles. The molecule has 0 saturated heterocycles. The molecule has 0 unspecified atom stereocenters. The number of hydrogen-bond donors (Lipinski definition) is 0. The maximum atomic E-state index is 10.5. The van der Waals surface area contributed by atoms with Crippen LogP contribution in [0.2, 0.25) is 0 Å². The summed E-state index contributed by atoms with van der Waals surface area (Å²) < 4.78 is 1.91. The van der Waals surface area contributed by atoms with Crippen LogP contribution in [0.25, 0.3) is 0 Å². The zero-order valence-corrected chi connectivity index (χ0v) is 9.67. The predicted octanol–water partition coefficient (Wildman–Crippen LogP) is 2.58. The van der Waals surface area contributed by atoms with Crippen molar-refractivity contribution < 1.29 is 4.92 Å². The van der Waals surface area contributed by atoms with Crippen LogP contribution in [0, 0.1) is 10.1 Å². The molecule has 5 nitrogen and oxygen atoms in total. The van der Waals surface area contributed by atoms with E-state index in [9.17, 15) is 10.1 Å². The van der Waals surface area contributed by atoms with Gasteiger partial charge in [-0.25, -0.2) is 4.98 Å². The van der Waals surface area contributed by atoms with Crippen molar-refractivity contribution in [3.05, 3.63) is 58.2 Å². The van der Waals surface area contributed by atoms with E-state index in [1.165, 1.54) is 12.1 Å². The second-order valence-electron chi connectivity index (χ2n) is 3.57. The summed E-state index contributed by atoms with van der Waals surface area (Å²) in [5.41, 5.74) is 1.99. The van der Waals surface area contributed by atoms with Gasteiger partial charge in [0.2, 0.25) is 0 Å². The van der Waals surface area contributed by atoms with Gasteiger partial charge in [0.25, 0.3) is 5.69 Å². The molecule has 0 aliphatic carbocycles. The standard InChI is InChI=1S/C11H10ClN3O2/c12-5-11-6-13-8-14(11)7-9-1-3-10(4-2-9)15(16)17/h1-4,6,8H,5,7H2. The Balaban J connectivity index is 2.16. The van der Waals surface area contributed by atoms with E-state index in [4.69, 9.17) is 11.6 Å². The molecular weight excluding hydrogens is 242 g/mol. The van der Waals surface area contributed by atoms with E-state index in [0.29, 0.717) is 12.4 Å². The van der Waals surface area contributed by atoms with Gasteiger partial charge in [0.15, 0.2) is 0 Å². The summed E-state index contributed by atoms with van der Waals surface area (Å²) in [5, 5.41) is 10.5. The monoisotopic (exact) mass is 251 g/mol. The van der Waals surface area contributed by atoms with Crippen LogP contribution in [0.15, 0.2) is 36.8 Å². The van der Waals surface area contributed by atoms with E-state index in [1.54, 1.807) is 24.7 Å². The highest BCUT2D eigenvalue weighted by Gasteiger charge is 2.05. The van der Waals surface area contributed by atoms with Crippen molar-refractivity contribution in [2.45, 2.75) is 12.4 Å². The number of imidazole rings is 1. The Kier molecular flexibility index (Phi) is 3.39. The first-order valence-electron chi connectivity index (χ1n) is 4.99.